The number of halogens is 3. The summed E-state index contributed by atoms with van der Waals surface area (Å²) in [6.45, 7) is 0.414. The smallest absolute Gasteiger partial charge is 0.142 e. The quantitative estimate of drug-likeness (QED) is 0.536. The lowest BCUT2D eigenvalue weighted by Crippen LogP contribution is -1.88. The minimum Gasteiger partial charge on any atom is -0.391 e. The van der Waals surface area contributed by atoms with Gasteiger partial charge in [0.2, 0.25) is 0 Å². The zero-order valence-electron chi connectivity index (χ0n) is 9.82. The van der Waals surface area contributed by atoms with Gasteiger partial charge in [0.15, 0.2) is 0 Å². The van der Waals surface area contributed by atoms with Crippen LogP contribution in [0.2, 0.25) is 10.0 Å². The third-order valence-corrected chi connectivity index (χ3v) is 3.57. The summed E-state index contributed by atoms with van der Waals surface area (Å²) >= 11 is 15.1. The Morgan fingerprint density at radius 1 is 1.11 bits per heavy atom. The normalized spacial score (nSPS) is 10.9. The number of oxime groups is 1. The summed E-state index contributed by atoms with van der Waals surface area (Å²) in [7, 11) is 0. The Kier molecular flexibility index (Phi) is 5.25. The van der Waals surface area contributed by atoms with Crippen LogP contribution in [0.3, 0.4) is 0 Å². The molecule has 0 aliphatic heterocycles. The molecular weight excluding hydrogens is 349 g/mol. The first kappa shape index (κ1) is 14.4. The van der Waals surface area contributed by atoms with Crippen LogP contribution in [0.15, 0.2) is 52.1 Å². The van der Waals surface area contributed by atoms with Crippen molar-refractivity contribution < 1.29 is 4.84 Å². The molecule has 0 N–H and O–H groups in total. The molecular formula is C14H10BrCl2NO. The van der Waals surface area contributed by atoms with Gasteiger partial charge in [0.25, 0.3) is 0 Å². The zero-order valence-corrected chi connectivity index (χ0v) is 12.9. The Morgan fingerprint density at radius 2 is 1.95 bits per heavy atom. The van der Waals surface area contributed by atoms with Crippen LogP contribution in [-0.4, -0.2) is 6.21 Å². The van der Waals surface area contributed by atoms with Crippen molar-refractivity contribution in [2.75, 3.05) is 0 Å². The fourth-order valence-corrected chi connectivity index (χ4v) is 2.18. The number of hydrogen-bond acceptors (Lipinski definition) is 2. The average Bonchev–Trinajstić information content (AvgIpc) is 2.39. The van der Waals surface area contributed by atoms with Crippen LogP contribution in [0.25, 0.3) is 0 Å². The largest absolute Gasteiger partial charge is 0.391 e. The van der Waals surface area contributed by atoms with Gasteiger partial charge < -0.3 is 4.84 Å². The highest BCUT2D eigenvalue weighted by Gasteiger charge is 1.97. The lowest BCUT2D eigenvalue weighted by Gasteiger charge is -2.00. The van der Waals surface area contributed by atoms with Crippen molar-refractivity contribution in [1.82, 2.24) is 0 Å². The summed E-state index contributed by atoms with van der Waals surface area (Å²) in [5, 5.41) is 4.92. The molecule has 2 rings (SSSR count). The number of hydrogen-bond donors (Lipinski definition) is 0. The predicted molar refractivity (Wildman–Crippen MR) is 83.0 cm³/mol. The molecule has 0 heterocycles. The second-order valence-electron chi connectivity index (χ2n) is 3.81. The molecule has 5 heteroatoms. The average molecular weight is 359 g/mol. The van der Waals surface area contributed by atoms with Gasteiger partial charge >= 0.3 is 0 Å². The summed E-state index contributed by atoms with van der Waals surface area (Å²) in [4.78, 5) is 5.22. The number of benzene rings is 2. The maximum atomic E-state index is 5.90. The second kappa shape index (κ2) is 6.94. The van der Waals surface area contributed by atoms with E-state index in [0.29, 0.717) is 16.7 Å². The molecule has 98 valence electrons. The van der Waals surface area contributed by atoms with Crippen LogP contribution in [0.5, 0.6) is 0 Å². The van der Waals surface area contributed by atoms with Gasteiger partial charge in [-0.2, -0.15) is 0 Å². The van der Waals surface area contributed by atoms with Crippen molar-refractivity contribution in [1.29, 1.82) is 0 Å². The molecule has 0 atom stereocenters. The first-order chi connectivity index (χ1) is 9.15. The van der Waals surface area contributed by atoms with Crippen molar-refractivity contribution in [2.24, 2.45) is 5.16 Å². The summed E-state index contributed by atoms with van der Waals surface area (Å²) in [5.74, 6) is 0. The summed E-state index contributed by atoms with van der Waals surface area (Å²) in [5.41, 5.74) is 1.88. The standard InChI is InChI=1S/C14H10BrCl2NO/c15-12-3-1-2-11(6-12)9-19-18-8-10-4-5-13(16)14(17)7-10/h1-8H,9H2/b18-8+. The van der Waals surface area contributed by atoms with Gasteiger partial charge in [-0.1, -0.05) is 62.5 Å². The van der Waals surface area contributed by atoms with Crippen LogP contribution in [-0.2, 0) is 11.4 Å². The molecule has 0 saturated heterocycles. The van der Waals surface area contributed by atoms with Crippen LogP contribution >= 0.6 is 39.1 Å². The minimum absolute atomic E-state index is 0.414. The van der Waals surface area contributed by atoms with E-state index in [9.17, 15) is 0 Å². The molecule has 0 aromatic heterocycles. The Bertz CT molecular complexity index is 602. The highest BCUT2D eigenvalue weighted by Crippen LogP contribution is 2.21. The van der Waals surface area contributed by atoms with Gasteiger partial charge in [0.1, 0.15) is 6.61 Å². The van der Waals surface area contributed by atoms with Crippen LogP contribution in [0.1, 0.15) is 11.1 Å². The van der Waals surface area contributed by atoms with Crippen LogP contribution in [0.4, 0.5) is 0 Å². The topological polar surface area (TPSA) is 21.6 Å². The molecule has 0 aliphatic rings. The van der Waals surface area contributed by atoms with E-state index in [4.69, 9.17) is 28.0 Å². The van der Waals surface area contributed by atoms with E-state index in [-0.39, 0.29) is 0 Å². The van der Waals surface area contributed by atoms with Gasteiger partial charge in [0.05, 0.1) is 16.3 Å². The third kappa shape index (κ3) is 4.53. The first-order valence-corrected chi connectivity index (χ1v) is 7.05. The Balaban J connectivity index is 1.91. The van der Waals surface area contributed by atoms with Gasteiger partial charge in [0, 0.05) is 4.47 Å². The van der Waals surface area contributed by atoms with Gasteiger partial charge in [-0.15, -0.1) is 0 Å². The lowest BCUT2D eigenvalue weighted by atomic mass is 10.2. The van der Waals surface area contributed by atoms with Gasteiger partial charge in [-0.05, 0) is 35.4 Å². The lowest BCUT2D eigenvalue weighted by molar-refractivity contribution is 0.132. The highest BCUT2D eigenvalue weighted by molar-refractivity contribution is 9.10. The molecule has 0 amide bonds. The molecule has 2 nitrogen and oxygen atoms in total. The summed E-state index contributed by atoms with van der Waals surface area (Å²) < 4.78 is 1.02. The van der Waals surface area contributed by atoms with E-state index in [2.05, 4.69) is 21.1 Å². The second-order valence-corrected chi connectivity index (χ2v) is 5.54. The summed E-state index contributed by atoms with van der Waals surface area (Å²) in [6, 6.07) is 13.1. The predicted octanol–water partition coefficient (Wildman–Crippen LogP) is 5.31. The number of nitrogens with zero attached hydrogens (tertiary/aromatic N) is 1. The molecule has 0 bridgehead atoms. The van der Waals surface area contributed by atoms with Gasteiger partial charge in [-0.25, -0.2) is 0 Å². The van der Waals surface area contributed by atoms with E-state index >= 15 is 0 Å². The van der Waals surface area contributed by atoms with Crippen molar-refractivity contribution >= 4 is 45.3 Å². The number of rotatable bonds is 4. The first-order valence-electron chi connectivity index (χ1n) is 5.50. The molecule has 0 fully saturated rings. The SMILES string of the molecule is Clc1ccc(/C=N/OCc2cccc(Br)c2)cc1Cl. The van der Waals surface area contributed by atoms with Crippen molar-refractivity contribution in [3.63, 3.8) is 0 Å². The molecule has 0 spiro atoms. The van der Waals surface area contributed by atoms with Crippen molar-refractivity contribution in [3.05, 3.63) is 68.1 Å². The molecule has 0 saturated carbocycles. The maximum absolute atomic E-state index is 5.90. The van der Waals surface area contributed by atoms with E-state index in [1.54, 1.807) is 18.3 Å². The zero-order chi connectivity index (χ0) is 13.7. The molecule has 0 unspecified atom stereocenters. The van der Waals surface area contributed by atoms with Crippen LogP contribution in [0, 0.1) is 0 Å². The Hall–Kier alpha value is -1.03. The van der Waals surface area contributed by atoms with Crippen molar-refractivity contribution in [3.8, 4) is 0 Å². The van der Waals surface area contributed by atoms with E-state index in [1.165, 1.54) is 0 Å². The molecule has 2 aromatic carbocycles. The van der Waals surface area contributed by atoms with E-state index < -0.39 is 0 Å². The van der Waals surface area contributed by atoms with Gasteiger partial charge in [-0.3, -0.25) is 0 Å². The Morgan fingerprint density at radius 3 is 2.68 bits per heavy atom. The third-order valence-electron chi connectivity index (χ3n) is 2.34. The van der Waals surface area contributed by atoms with Crippen molar-refractivity contribution in [2.45, 2.75) is 6.61 Å². The van der Waals surface area contributed by atoms with E-state index in [1.807, 2.05) is 30.3 Å². The highest BCUT2D eigenvalue weighted by atomic mass is 79.9. The Labute approximate surface area is 130 Å². The van der Waals surface area contributed by atoms with Crippen LogP contribution < -0.4 is 0 Å². The molecule has 19 heavy (non-hydrogen) atoms. The molecule has 0 radical (unpaired) electrons. The molecule has 0 aliphatic carbocycles. The molecule has 2 aromatic rings. The fraction of sp³-hybridized carbons (Fsp3) is 0.0714. The minimum atomic E-state index is 0.414. The monoisotopic (exact) mass is 357 g/mol. The summed E-state index contributed by atoms with van der Waals surface area (Å²) in [6.07, 6.45) is 1.60. The maximum Gasteiger partial charge on any atom is 0.142 e. The fourth-order valence-electron chi connectivity index (χ4n) is 1.43. The van der Waals surface area contributed by atoms with E-state index in [0.717, 1.165) is 15.6 Å².